The maximum Gasteiger partial charge on any atom is 0.390 e. The van der Waals surface area contributed by atoms with Crippen LogP contribution in [0.15, 0.2) is 29.3 Å². The highest BCUT2D eigenvalue weighted by molar-refractivity contribution is 14.0. The van der Waals surface area contributed by atoms with Crippen LogP contribution in [-0.4, -0.2) is 40.2 Å². The van der Waals surface area contributed by atoms with Gasteiger partial charge in [-0.05, 0) is 25.0 Å². The van der Waals surface area contributed by atoms with E-state index in [9.17, 15) is 21.6 Å². The SMILES string of the molecule is CN=C(NCCC(F)(F)F)NCc1ccc(CS(=O)(=O)NC(C)C)cc1.I. The molecule has 0 aliphatic heterocycles. The Morgan fingerprint density at radius 2 is 1.67 bits per heavy atom. The second-order valence-corrected chi connectivity index (χ2v) is 7.82. The van der Waals surface area contributed by atoms with Gasteiger partial charge in [-0.25, -0.2) is 13.1 Å². The third kappa shape index (κ3) is 12.1. The molecule has 0 saturated heterocycles. The van der Waals surface area contributed by atoms with Gasteiger partial charge in [0.2, 0.25) is 10.0 Å². The van der Waals surface area contributed by atoms with Crippen molar-refractivity contribution in [3.8, 4) is 0 Å². The molecule has 0 saturated carbocycles. The molecule has 0 bridgehead atoms. The van der Waals surface area contributed by atoms with Crippen LogP contribution >= 0.6 is 24.0 Å². The van der Waals surface area contributed by atoms with Crippen LogP contribution in [0.4, 0.5) is 13.2 Å². The van der Waals surface area contributed by atoms with Crippen LogP contribution in [-0.2, 0) is 22.3 Å². The van der Waals surface area contributed by atoms with Gasteiger partial charge >= 0.3 is 6.18 Å². The average molecular weight is 522 g/mol. The van der Waals surface area contributed by atoms with Gasteiger partial charge in [-0.1, -0.05) is 24.3 Å². The summed E-state index contributed by atoms with van der Waals surface area (Å²) in [4.78, 5) is 3.86. The molecule has 11 heteroatoms. The molecule has 0 aliphatic carbocycles. The Balaban J connectivity index is 0.00000676. The lowest BCUT2D eigenvalue weighted by Crippen LogP contribution is -2.38. The summed E-state index contributed by atoms with van der Waals surface area (Å²) in [5, 5.41) is 5.49. The lowest BCUT2D eigenvalue weighted by Gasteiger charge is -2.13. The summed E-state index contributed by atoms with van der Waals surface area (Å²) in [6.07, 6.45) is -5.16. The van der Waals surface area contributed by atoms with Gasteiger partial charge in [0.25, 0.3) is 0 Å². The molecule has 0 amide bonds. The molecule has 0 atom stereocenters. The van der Waals surface area contributed by atoms with E-state index in [4.69, 9.17) is 0 Å². The molecule has 1 aromatic carbocycles. The number of nitrogens with zero attached hydrogens (tertiary/aromatic N) is 1. The fraction of sp³-hybridized carbons (Fsp3) is 0.562. The molecule has 27 heavy (non-hydrogen) atoms. The molecule has 156 valence electrons. The third-order valence-corrected chi connectivity index (χ3v) is 4.72. The normalized spacial score (nSPS) is 12.6. The van der Waals surface area contributed by atoms with Crippen LogP contribution in [0.2, 0.25) is 0 Å². The molecule has 1 rings (SSSR count). The number of rotatable bonds is 8. The van der Waals surface area contributed by atoms with E-state index in [1.165, 1.54) is 7.05 Å². The molecule has 1 aromatic rings. The van der Waals surface area contributed by atoms with Crippen LogP contribution in [0.25, 0.3) is 0 Å². The van der Waals surface area contributed by atoms with Crippen molar-refractivity contribution in [1.82, 2.24) is 15.4 Å². The standard InChI is InChI=1S/C16H25F3N4O2S.HI/c1-12(2)23-26(24,25)11-14-6-4-13(5-7-14)10-22-15(20-3)21-9-8-16(17,18)19;/h4-7,12,23H,8-11H2,1-3H3,(H2,20,21,22);1H. The van der Waals surface area contributed by atoms with E-state index in [2.05, 4.69) is 20.3 Å². The lowest BCUT2D eigenvalue weighted by atomic mass is 10.1. The number of halogens is 4. The van der Waals surface area contributed by atoms with Crippen molar-refractivity contribution in [2.75, 3.05) is 13.6 Å². The molecule has 0 aromatic heterocycles. The molecule has 0 aliphatic rings. The van der Waals surface area contributed by atoms with Crippen molar-refractivity contribution in [2.24, 2.45) is 4.99 Å². The molecule has 0 fully saturated rings. The minimum absolute atomic E-state index is 0. The Hall–Kier alpha value is -1.08. The van der Waals surface area contributed by atoms with Gasteiger partial charge in [-0.2, -0.15) is 13.2 Å². The zero-order valence-corrected chi connectivity index (χ0v) is 18.6. The van der Waals surface area contributed by atoms with Gasteiger partial charge in [0.15, 0.2) is 5.96 Å². The monoisotopic (exact) mass is 522 g/mol. The third-order valence-electron chi connectivity index (χ3n) is 3.18. The highest BCUT2D eigenvalue weighted by atomic mass is 127. The summed E-state index contributed by atoms with van der Waals surface area (Å²) in [6, 6.07) is 6.76. The Labute approximate surface area is 175 Å². The minimum Gasteiger partial charge on any atom is -0.356 e. The molecule has 6 nitrogen and oxygen atoms in total. The predicted molar refractivity (Wildman–Crippen MR) is 112 cm³/mol. The van der Waals surface area contributed by atoms with Gasteiger partial charge in [0.1, 0.15) is 0 Å². The number of guanidine groups is 1. The number of alkyl halides is 3. The molecular weight excluding hydrogens is 496 g/mol. The Kier molecular flexibility index (Phi) is 11.2. The van der Waals surface area contributed by atoms with E-state index in [1.54, 1.807) is 38.1 Å². The second kappa shape index (κ2) is 11.7. The van der Waals surface area contributed by atoms with E-state index in [0.717, 1.165) is 5.56 Å². The maximum atomic E-state index is 12.1. The summed E-state index contributed by atoms with van der Waals surface area (Å²) in [6.45, 7) is 3.59. The smallest absolute Gasteiger partial charge is 0.356 e. The van der Waals surface area contributed by atoms with Gasteiger partial charge in [-0.15, -0.1) is 24.0 Å². The number of nitrogens with one attached hydrogen (secondary N) is 3. The van der Waals surface area contributed by atoms with Gasteiger partial charge < -0.3 is 10.6 Å². The summed E-state index contributed by atoms with van der Waals surface area (Å²) in [7, 11) is -1.91. The molecule has 0 heterocycles. The largest absolute Gasteiger partial charge is 0.390 e. The molecule has 0 unspecified atom stereocenters. The zero-order chi connectivity index (χ0) is 19.8. The first kappa shape index (κ1) is 25.9. The topological polar surface area (TPSA) is 82.6 Å². The molecule has 0 spiro atoms. The molecule has 3 N–H and O–H groups in total. The van der Waals surface area contributed by atoms with Crippen molar-refractivity contribution in [3.05, 3.63) is 35.4 Å². The van der Waals surface area contributed by atoms with Crippen LogP contribution < -0.4 is 15.4 Å². The Morgan fingerprint density at radius 3 is 2.15 bits per heavy atom. The zero-order valence-electron chi connectivity index (χ0n) is 15.4. The van der Waals surface area contributed by atoms with Crippen LogP contribution in [0.3, 0.4) is 0 Å². The Bertz CT molecular complexity index is 693. The number of aliphatic imine (C=N–C) groups is 1. The highest BCUT2D eigenvalue weighted by Crippen LogP contribution is 2.18. The number of hydrogen-bond acceptors (Lipinski definition) is 3. The minimum atomic E-state index is -4.22. The van der Waals surface area contributed by atoms with E-state index in [1.807, 2.05) is 0 Å². The number of hydrogen-bond donors (Lipinski definition) is 3. The van der Waals surface area contributed by atoms with Crippen LogP contribution in [0.5, 0.6) is 0 Å². The first-order valence-corrected chi connectivity index (χ1v) is 9.75. The van der Waals surface area contributed by atoms with E-state index >= 15 is 0 Å². The van der Waals surface area contributed by atoms with E-state index in [-0.39, 0.29) is 48.3 Å². The lowest BCUT2D eigenvalue weighted by molar-refractivity contribution is -0.132. The van der Waals surface area contributed by atoms with Crippen molar-refractivity contribution in [2.45, 2.75) is 44.8 Å². The van der Waals surface area contributed by atoms with Gasteiger partial charge in [0, 0.05) is 26.2 Å². The van der Waals surface area contributed by atoms with Crippen molar-refractivity contribution >= 4 is 40.0 Å². The average Bonchev–Trinajstić information content (AvgIpc) is 2.49. The van der Waals surface area contributed by atoms with Gasteiger partial charge in [-0.3, -0.25) is 4.99 Å². The fourth-order valence-corrected chi connectivity index (χ4v) is 3.54. The number of benzene rings is 1. The first-order chi connectivity index (χ1) is 12.0. The first-order valence-electron chi connectivity index (χ1n) is 8.10. The summed E-state index contributed by atoms with van der Waals surface area (Å²) < 4.78 is 62.7. The summed E-state index contributed by atoms with van der Waals surface area (Å²) in [5.41, 5.74) is 1.50. The second-order valence-electron chi connectivity index (χ2n) is 6.07. The van der Waals surface area contributed by atoms with Crippen LogP contribution in [0.1, 0.15) is 31.4 Å². The van der Waals surface area contributed by atoms with E-state index < -0.39 is 22.6 Å². The highest BCUT2D eigenvalue weighted by Gasteiger charge is 2.26. The van der Waals surface area contributed by atoms with Crippen molar-refractivity contribution in [1.29, 1.82) is 0 Å². The molecule has 0 radical (unpaired) electrons. The fourth-order valence-electron chi connectivity index (χ4n) is 2.10. The van der Waals surface area contributed by atoms with E-state index in [0.29, 0.717) is 12.1 Å². The van der Waals surface area contributed by atoms with Crippen LogP contribution in [0, 0.1) is 0 Å². The number of sulfonamides is 1. The molecular formula is C16H26F3IN4O2S. The Morgan fingerprint density at radius 1 is 1.11 bits per heavy atom. The summed E-state index contributed by atoms with van der Waals surface area (Å²) >= 11 is 0. The maximum absolute atomic E-state index is 12.1. The van der Waals surface area contributed by atoms with Crippen molar-refractivity contribution < 1.29 is 21.6 Å². The van der Waals surface area contributed by atoms with Crippen molar-refractivity contribution in [3.63, 3.8) is 0 Å². The quantitative estimate of drug-likeness (QED) is 0.279. The summed E-state index contributed by atoms with van der Waals surface area (Å²) in [5.74, 6) is 0.154. The predicted octanol–water partition coefficient (Wildman–Crippen LogP) is 2.75. The van der Waals surface area contributed by atoms with Gasteiger partial charge in [0.05, 0.1) is 12.2 Å².